The van der Waals surface area contributed by atoms with E-state index in [-0.39, 0.29) is 18.1 Å². The third-order valence-corrected chi connectivity index (χ3v) is 5.66. The van der Waals surface area contributed by atoms with Crippen LogP contribution in [0.15, 0.2) is 12.2 Å². The van der Waals surface area contributed by atoms with Gasteiger partial charge < -0.3 is 9.84 Å². The standard InChI is InChI=1S/C17H28O2/c1-17(2,11-18)16-14-9-4-3-7-12(14)13-8-5-6-10-15(13)19-16/h3,7,12-16,18H,4-6,8-11H2,1-2H3/t12-,13+,14+,15+,16+/m1/s1. The lowest BCUT2D eigenvalue weighted by atomic mass is 9.62. The Kier molecular flexibility index (Phi) is 3.74. The van der Waals surface area contributed by atoms with Gasteiger partial charge >= 0.3 is 0 Å². The molecular formula is C17H28O2. The van der Waals surface area contributed by atoms with Crippen LogP contribution >= 0.6 is 0 Å². The van der Waals surface area contributed by atoms with Crippen molar-refractivity contribution in [3.05, 3.63) is 12.2 Å². The van der Waals surface area contributed by atoms with Gasteiger partial charge in [0.2, 0.25) is 0 Å². The molecule has 0 aromatic heterocycles. The van der Waals surface area contributed by atoms with Crippen molar-refractivity contribution in [2.75, 3.05) is 6.61 Å². The maximum atomic E-state index is 9.73. The second-order valence-corrected chi connectivity index (χ2v) is 7.44. The Balaban J connectivity index is 1.88. The number of aliphatic hydroxyl groups excluding tert-OH is 1. The highest BCUT2D eigenvalue weighted by Crippen LogP contribution is 2.50. The molecule has 3 rings (SSSR count). The zero-order chi connectivity index (χ0) is 13.5. The van der Waals surface area contributed by atoms with Gasteiger partial charge in [0.15, 0.2) is 0 Å². The maximum absolute atomic E-state index is 9.73. The summed E-state index contributed by atoms with van der Waals surface area (Å²) in [4.78, 5) is 0. The highest BCUT2D eigenvalue weighted by molar-refractivity contribution is 5.08. The van der Waals surface area contributed by atoms with Crippen LogP contribution in [0, 0.1) is 23.2 Å². The molecule has 2 fully saturated rings. The molecule has 1 N–H and O–H groups in total. The number of allylic oxidation sites excluding steroid dienone is 2. The summed E-state index contributed by atoms with van der Waals surface area (Å²) in [6, 6.07) is 0. The molecule has 3 aliphatic rings. The summed E-state index contributed by atoms with van der Waals surface area (Å²) in [5, 5.41) is 9.73. The van der Waals surface area contributed by atoms with Crippen molar-refractivity contribution in [1.29, 1.82) is 0 Å². The zero-order valence-corrected chi connectivity index (χ0v) is 12.3. The molecule has 1 saturated carbocycles. The fraction of sp³-hybridized carbons (Fsp3) is 0.882. The zero-order valence-electron chi connectivity index (χ0n) is 12.3. The number of fused-ring (bicyclic) bond motifs is 3. The van der Waals surface area contributed by atoms with Crippen LogP contribution in [0.4, 0.5) is 0 Å². The monoisotopic (exact) mass is 264 g/mol. The maximum Gasteiger partial charge on any atom is 0.0685 e. The third-order valence-electron chi connectivity index (χ3n) is 5.66. The average Bonchev–Trinajstić information content (AvgIpc) is 2.46. The normalized spacial score (nSPS) is 42.6. The Morgan fingerprint density at radius 3 is 2.74 bits per heavy atom. The van der Waals surface area contributed by atoms with E-state index in [4.69, 9.17) is 4.74 Å². The number of hydrogen-bond donors (Lipinski definition) is 1. The number of rotatable bonds is 2. The molecule has 1 heterocycles. The molecule has 0 radical (unpaired) electrons. The van der Waals surface area contributed by atoms with Crippen LogP contribution in [0.2, 0.25) is 0 Å². The Bertz CT molecular complexity index is 347. The van der Waals surface area contributed by atoms with Gasteiger partial charge in [0.1, 0.15) is 0 Å². The summed E-state index contributed by atoms with van der Waals surface area (Å²) in [6.45, 7) is 4.55. The second kappa shape index (κ2) is 5.21. The first kappa shape index (κ1) is 13.6. The first-order valence-corrected chi connectivity index (χ1v) is 8.06. The second-order valence-electron chi connectivity index (χ2n) is 7.44. The van der Waals surface area contributed by atoms with Gasteiger partial charge in [-0.05, 0) is 43.4 Å². The fourth-order valence-corrected chi connectivity index (χ4v) is 4.57. The summed E-state index contributed by atoms with van der Waals surface area (Å²) >= 11 is 0. The van der Waals surface area contributed by atoms with Gasteiger partial charge in [0.05, 0.1) is 18.8 Å². The van der Waals surface area contributed by atoms with Gasteiger partial charge in [-0.1, -0.05) is 38.8 Å². The summed E-state index contributed by atoms with van der Waals surface area (Å²) in [6.07, 6.45) is 13.2. The van der Waals surface area contributed by atoms with Crippen LogP contribution in [0.25, 0.3) is 0 Å². The lowest BCUT2D eigenvalue weighted by Gasteiger charge is -2.53. The Labute approximate surface area is 117 Å². The van der Waals surface area contributed by atoms with Crippen molar-refractivity contribution < 1.29 is 9.84 Å². The van der Waals surface area contributed by atoms with E-state index in [1.54, 1.807) is 0 Å². The SMILES string of the molecule is CC(C)(CO)[C@H]1O[C@H]2CCCC[C@H]2[C@H]2C=CCC[C@@H]21. The van der Waals surface area contributed by atoms with Crippen molar-refractivity contribution in [2.45, 2.75) is 64.6 Å². The minimum atomic E-state index is -0.115. The summed E-state index contributed by atoms with van der Waals surface area (Å²) in [5.74, 6) is 2.05. The largest absolute Gasteiger partial charge is 0.396 e. The molecule has 1 saturated heterocycles. The van der Waals surface area contributed by atoms with Gasteiger partial charge in [0.25, 0.3) is 0 Å². The van der Waals surface area contributed by atoms with Crippen LogP contribution in [-0.4, -0.2) is 23.9 Å². The molecular weight excluding hydrogens is 236 g/mol. The summed E-state index contributed by atoms with van der Waals surface area (Å²) < 4.78 is 6.52. The Morgan fingerprint density at radius 2 is 1.95 bits per heavy atom. The number of hydrogen-bond acceptors (Lipinski definition) is 2. The highest BCUT2D eigenvalue weighted by Gasteiger charge is 2.49. The molecule has 108 valence electrons. The van der Waals surface area contributed by atoms with E-state index in [0.29, 0.717) is 17.9 Å². The van der Waals surface area contributed by atoms with Crippen molar-refractivity contribution in [1.82, 2.24) is 0 Å². The molecule has 0 spiro atoms. The van der Waals surface area contributed by atoms with E-state index >= 15 is 0 Å². The van der Waals surface area contributed by atoms with Gasteiger partial charge in [0, 0.05) is 5.41 Å². The van der Waals surface area contributed by atoms with Crippen LogP contribution in [0.5, 0.6) is 0 Å². The summed E-state index contributed by atoms with van der Waals surface area (Å²) in [7, 11) is 0. The van der Waals surface area contributed by atoms with Gasteiger partial charge in [-0.2, -0.15) is 0 Å². The van der Waals surface area contributed by atoms with E-state index in [1.165, 1.54) is 38.5 Å². The van der Waals surface area contributed by atoms with E-state index in [2.05, 4.69) is 26.0 Å². The van der Waals surface area contributed by atoms with Crippen molar-refractivity contribution >= 4 is 0 Å². The third kappa shape index (κ3) is 2.38. The molecule has 2 nitrogen and oxygen atoms in total. The molecule has 0 amide bonds. The molecule has 0 aromatic carbocycles. The topological polar surface area (TPSA) is 29.5 Å². The first-order valence-electron chi connectivity index (χ1n) is 8.06. The minimum Gasteiger partial charge on any atom is -0.396 e. The minimum absolute atomic E-state index is 0.115. The van der Waals surface area contributed by atoms with Gasteiger partial charge in [-0.15, -0.1) is 0 Å². The fourth-order valence-electron chi connectivity index (χ4n) is 4.57. The van der Waals surface area contributed by atoms with Crippen molar-refractivity contribution in [2.24, 2.45) is 23.2 Å². The van der Waals surface area contributed by atoms with E-state index < -0.39 is 0 Å². The van der Waals surface area contributed by atoms with Crippen LogP contribution in [0.1, 0.15) is 52.4 Å². The quantitative estimate of drug-likeness (QED) is 0.773. The molecule has 2 heteroatoms. The predicted molar refractivity (Wildman–Crippen MR) is 76.8 cm³/mol. The van der Waals surface area contributed by atoms with Crippen molar-refractivity contribution in [3.8, 4) is 0 Å². The first-order chi connectivity index (χ1) is 9.13. The lowest BCUT2D eigenvalue weighted by Crippen LogP contribution is -2.54. The average molecular weight is 264 g/mol. The van der Waals surface area contributed by atoms with Crippen molar-refractivity contribution in [3.63, 3.8) is 0 Å². The summed E-state index contributed by atoms with van der Waals surface area (Å²) in [5.41, 5.74) is -0.115. The van der Waals surface area contributed by atoms with Crippen LogP contribution in [0.3, 0.4) is 0 Å². The van der Waals surface area contributed by atoms with E-state index in [1.807, 2.05) is 0 Å². The molecule has 19 heavy (non-hydrogen) atoms. The molecule has 5 atom stereocenters. The van der Waals surface area contributed by atoms with Crippen LogP contribution in [-0.2, 0) is 4.74 Å². The highest BCUT2D eigenvalue weighted by atomic mass is 16.5. The van der Waals surface area contributed by atoms with Gasteiger partial charge in [-0.25, -0.2) is 0 Å². The molecule has 0 unspecified atom stereocenters. The number of aliphatic hydroxyl groups is 1. The Morgan fingerprint density at radius 1 is 1.16 bits per heavy atom. The molecule has 2 aliphatic carbocycles. The van der Waals surface area contributed by atoms with E-state index in [9.17, 15) is 5.11 Å². The molecule has 0 bridgehead atoms. The Hall–Kier alpha value is -0.340. The molecule has 0 aromatic rings. The van der Waals surface area contributed by atoms with E-state index in [0.717, 1.165) is 5.92 Å². The molecule has 1 aliphatic heterocycles. The number of ether oxygens (including phenoxy) is 1. The smallest absolute Gasteiger partial charge is 0.0685 e. The lowest BCUT2D eigenvalue weighted by molar-refractivity contribution is -0.195. The van der Waals surface area contributed by atoms with Crippen LogP contribution < -0.4 is 0 Å². The predicted octanol–water partition coefficient (Wildman–Crippen LogP) is 3.54. The van der Waals surface area contributed by atoms with Gasteiger partial charge in [-0.3, -0.25) is 0 Å².